The molecule has 0 spiro atoms. The van der Waals surface area contributed by atoms with Crippen molar-refractivity contribution in [2.75, 3.05) is 66.0 Å². The summed E-state index contributed by atoms with van der Waals surface area (Å²) >= 11 is 0. The van der Waals surface area contributed by atoms with E-state index in [1.165, 1.54) is 24.0 Å². The fourth-order valence-corrected chi connectivity index (χ4v) is 7.59. The van der Waals surface area contributed by atoms with Crippen LogP contribution in [-0.4, -0.2) is 97.8 Å². The molecule has 1 aliphatic heterocycles. The van der Waals surface area contributed by atoms with Crippen molar-refractivity contribution < 1.29 is 23.7 Å². The maximum atomic E-state index is 6.59. The molecule has 2 N–H and O–H groups in total. The minimum Gasteiger partial charge on any atom is -0.491 e. The van der Waals surface area contributed by atoms with Crippen molar-refractivity contribution in [3.8, 4) is 18.1 Å². The van der Waals surface area contributed by atoms with Gasteiger partial charge in [-0.1, -0.05) is 48.4 Å². The molecule has 1 saturated heterocycles. The average molecular weight is 702 g/mol. The van der Waals surface area contributed by atoms with Gasteiger partial charge < -0.3 is 34.0 Å². The summed E-state index contributed by atoms with van der Waals surface area (Å²) in [5.41, 5.74) is 9.17. The number of aryl methyl sites for hydroxylation is 1. The number of nitrogens with zero attached hydrogens (tertiary/aromatic N) is 4. The molecule has 2 aliphatic rings. The highest BCUT2D eigenvalue weighted by Crippen LogP contribution is 2.48. The molecular weight excluding hydrogens is 642 g/mol. The van der Waals surface area contributed by atoms with E-state index in [0.717, 1.165) is 49.6 Å². The van der Waals surface area contributed by atoms with E-state index in [9.17, 15) is 0 Å². The zero-order valence-corrected chi connectivity index (χ0v) is 31.0. The molecule has 1 aromatic heterocycles. The fourth-order valence-electron chi connectivity index (χ4n) is 7.59. The second-order valence-electron chi connectivity index (χ2n) is 14.1. The average Bonchev–Trinajstić information content (AvgIpc) is 3.68. The van der Waals surface area contributed by atoms with Crippen LogP contribution in [-0.2, 0) is 18.9 Å². The summed E-state index contributed by atoms with van der Waals surface area (Å²) in [7, 11) is 0. The molecule has 4 atom stereocenters. The molecule has 0 amide bonds. The molecule has 1 aliphatic carbocycles. The van der Waals surface area contributed by atoms with Gasteiger partial charge in [-0.3, -0.25) is 4.90 Å². The first-order chi connectivity index (χ1) is 24.9. The number of hydrogen-bond acceptors (Lipinski definition) is 9. The van der Waals surface area contributed by atoms with Crippen LogP contribution in [0.15, 0.2) is 54.6 Å². The highest BCUT2D eigenvalue weighted by molar-refractivity contribution is 5.32. The Hall–Kier alpha value is -3.30. The van der Waals surface area contributed by atoms with Gasteiger partial charge in [0, 0.05) is 36.6 Å². The number of benzene rings is 2. The Balaban J connectivity index is 0.988. The van der Waals surface area contributed by atoms with E-state index in [1.54, 1.807) is 0 Å². The summed E-state index contributed by atoms with van der Waals surface area (Å²) in [6.45, 7) is 12.3. The van der Waals surface area contributed by atoms with Crippen LogP contribution in [0.25, 0.3) is 0 Å². The Morgan fingerprint density at radius 2 is 1.49 bits per heavy atom. The number of likely N-dealkylation sites (tertiary alicyclic amines) is 1. The van der Waals surface area contributed by atoms with Crippen LogP contribution in [0.4, 0.5) is 0 Å². The van der Waals surface area contributed by atoms with Crippen LogP contribution < -0.4 is 10.5 Å². The number of hydrogen-bond donors (Lipinski definition) is 1. The molecule has 0 radical (unpaired) electrons. The van der Waals surface area contributed by atoms with Gasteiger partial charge in [-0.25, -0.2) is 0 Å². The van der Waals surface area contributed by atoms with Crippen LogP contribution >= 0.6 is 0 Å². The second-order valence-corrected chi connectivity index (χ2v) is 14.1. The second kappa shape index (κ2) is 20.7. The van der Waals surface area contributed by atoms with Crippen molar-refractivity contribution in [2.45, 2.75) is 95.3 Å². The minimum absolute atomic E-state index is 0.0736. The summed E-state index contributed by atoms with van der Waals surface area (Å²) < 4.78 is 30.0. The van der Waals surface area contributed by atoms with Gasteiger partial charge in [0.15, 0.2) is 0 Å². The molecule has 2 heterocycles. The van der Waals surface area contributed by atoms with E-state index < -0.39 is 0 Å². The normalized spacial score (nSPS) is 21.6. The summed E-state index contributed by atoms with van der Waals surface area (Å²) in [6, 6.07) is 20.6. The molecule has 2 aromatic carbocycles. The quantitative estimate of drug-likeness (QED) is 0.0912. The highest BCUT2D eigenvalue weighted by Gasteiger charge is 2.37. The number of ether oxygens (including phenoxy) is 5. The Morgan fingerprint density at radius 1 is 0.843 bits per heavy atom. The lowest BCUT2D eigenvalue weighted by atomic mass is 9.71. The molecule has 1 saturated carbocycles. The summed E-state index contributed by atoms with van der Waals surface area (Å²) in [5.74, 6) is 6.42. The van der Waals surface area contributed by atoms with Crippen molar-refractivity contribution in [1.82, 2.24) is 19.7 Å². The number of terminal acetylenes is 1. The van der Waals surface area contributed by atoms with E-state index in [0.29, 0.717) is 89.4 Å². The first kappa shape index (κ1) is 38.9. The van der Waals surface area contributed by atoms with Crippen LogP contribution in [0.2, 0.25) is 0 Å². The van der Waals surface area contributed by atoms with Gasteiger partial charge in [-0.15, -0.1) is 16.6 Å². The molecule has 10 heteroatoms. The number of rotatable bonds is 23. The van der Waals surface area contributed by atoms with Crippen molar-refractivity contribution in [2.24, 2.45) is 5.73 Å². The fraction of sp³-hybridized carbons (Fsp3) is 0.610. The Kier molecular flexibility index (Phi) is 15.8. The standard InChI is InChI=1S/C41H59N5O5/c1-5-19-47-20-21-48-22-23-49-24-25-50-26-27-51-39-15-12-34(13-16-39)36-29-37(30-36)41-44-43-33(4)46(41)32(3)28-38-14-11-31(2)45(38)18-17-40(42)35-9-7-6-8-10-35/h1,6-10,12-13,15-16,31-32,36-38,40H,11,14,17-30,42H2,2-4H3. The van der Waals surface area contributed by atoms with Gasteiger partial charge in [0.05, 0.1) is 46.2 Å². The molecule has 278 valence electrons. The van der Waals surface area contributed by atoms with Crippen molar-refractivity contribution in [3.63, 3.8) is 0 Å². The molecule has 3 aromatic rings. The molecule has 0 bridgehead atoms. The van der Waals surface area contributed by atoms with Gasteiger partial charge in [-0.2, -0.15) is 0 Å². The van der Waals surface area contributed by atoms with Crippen molar-refractivity contribution >= 4 is 0 Å². The summed E-state index contributed by atoms with van der Waals surface area (Å²) in [6.07, 6.45) is 11.9. The van der Waals surface area contributed by atoms with Gasteiger partial charge in [0.1, 0.15) is 30.6 Å². The van der Waals surface area contributed by atoms with Gasteiger partial charge >= 0.3 is 0 Å². The monoisotopic (exact) mass is 701 g/mol. The predicted octanol–water partition coefficient (Wildman–Crippen LogP) is 6.22. The van der Waals surface area contributed by atoms with Gasteiger partial charge in [0.2, 0.25) is 0 Å². The van der Waals surface area contributed by atoms with Crippen LogP contribution in [0, 0.1) is 19.3 Å². The molecular formula is C41H59N5O5. The third-order valence-electron chi connectivity index (χ3n) is 10.5. The lowest BCUT2D eigenvalue weighted by Crippen LogP contribution is -2.38. The Bertz CT molecular complexity index is 1460. The zero-order chi connectivity index (χ0) is 35.8. The summed E-state index contributed by atoms with van der Waals surface area (Å²) in [4.78, 5) is 2.70. The molecule has 10 nitrogen and oxygen atoms in total. The molecule has 2 fully saturated rings. The number of aromatic nitrogens is 3. The van der Waals surface area contributed by atoms with Gasteiger partial charge in [0.25, 0.3) is 0 Å². The number of nitrogens with two attached hydrogens (primary N) is 1. The van der Waals surface area contributed by atoms with Gasteiger partial charge in [-0.05, 0) is 88.5 Å². The maximum absolute atomic E-state index is 6.59. The summed E-state index contributed by atoms with van der Waals surface area (Å²) in [5, 5.41) is 9.28. The van der Waals surface area contributed by atoms with E-state index in [2.05, 4.69) is 95.9 Å². The lowest BCUT2D eigenvalue weighted by Gasteiger charge is -2.37. The minimum atomic E-state index is 0.0736. The van der Waals surface area contributed by atoms with Crippen LogP contribution in [0.3, 0.4) is 0 Å². The highest BCUT2D eigenvalue weighted by atomic mass is 16.6. The topological polar surface area (TPSA) is 106 Å². The SMILES string of the molecule is C#CCOCCOCCOCCOCCOc1ccc(C2CC(c3nnc(C)n3C(C)CC3CCC(C)N3CCC(N)c3ccccc3)C2)cc1. The molecule has 4 unspecified atom stereocenters. The lowest BCUT2D eigenvalue weighted by molar-refractivity contribution is -0.00187. The first-order valence-corrected chi connectivity index (χ1v) is 18.9. The largest absolute Gasteiger partial charge is 0.491 e. The Labute approximate surface area is 305 Å². The van der Waals surface area contributed by atoms with E-state index >= 15 is 0 Å². The van der Waals surface area contributed by atoms with E-state index in [4.69, 9.17) is 40.9 Å². The first-order valence-electron chi connectivity index (χ1n) is 18.9. The van der Waals surface area contributed by atoms with Crippen LogP contribution in [0.5, 0.6) is 5.75 Å². The molecule has 5 rings (SSSR count). The third kappa shape index (κ3) is 11.6. The Morgan fingerprint density at radius 3 is 2.16 bits per heavy atom. The zero-order valence-electron chi connectivity index (χ0n) is 31.0. The van der Waals surface area contributed by atoms with E-state index in [-0.39, 0.29) is 6.04 Å². The van der Waals surface area contributed by atoms with Crippen molar-refractivity contribution in [1.29, 1.82) is 0 Å². The van der Waals surface area contributed by atoms with E-state index in [1.807, 2.05) is 0 Å². The third-order valence-corrected chi connectivity index (χ3v) is 10.5. The molecule has 51 heavy (non-hydrogen) atoms. The van der Waals surface area contributed by atoms with Crippen molar-refractivity contribution in [3.05, 3.63) is 77.4 Å². The smallest absolute Gasteiger partial charge is 0.136 e. The maximum Gasteiger partial charge on any atom is 0.136 e. The van der Waals surface area contributed by atoms with Crippen LogP contribution in [0.1, 0.15) is 99.1 Å². The predicted molar refractivity (Wildman–Crippen MR) is 200 cm³/mol.